The molecule has 6 nitrogen and oxygen atoms in total. The average molecular weight is 479 g/mol. The monoisotopic (exact) mass is 478 g/mol. The molecule has 0 aliphatic carbocycles. The zero-order valence-corrected chi connectivity index (χ0v) is 20.8. The van der Waals surface area contributed by atoms with Crippen LogP contribution in [0.3, 0.4) is 0 Å². The van der Waals surface area contributed by atoms with E-state index in [9.17, 15) is 14.7 Å². The zero-order valence-electron chi connectivity index (χ0n) is 20.2. The van der Waals surface area contributed by atoms with E-state index in [1.807, 2.05) is 49.6 Å². The first kappa shape index (κ1) is 27.2. The maximum absolute atomic E-state index is 13.2. The number of thiazole rings is 1. The van der Waals surface area contributed by atoms with Gasteiger partial charge in [0.15, 0.2) is 0 Å². The van der Waals surface area contributed by atoms with E-state index in [2.05, 4.69) is 10.3 Å². The Labute approximate surface area is 215 Å². The summed E-state index contributed by atoms with van der Waals surface area (Å²) >= 11 is 3.05. The predicted molar refractivity (Wildman–Crippen MR) is 131 cm³/mol. The van der Waals surface area contributed by atoms with Crippen molar-refractivity contribution in [2.45, 2.75) is 25.5 Å². The largest absolute Gasteiger partial charge is 1.00 e. The van der Waals surface area contributed by atoms with Crippen molar-refractivity contribution in [1.29, 1.82) is 0 Å². The van der Waals surface area contributed by atoms with Gasteiger partial charge in [0.25, 0.3) is 5.91 Å². The van der Waals surface area contributed by atoms with E-state index in [1.54, 1.807) is 36.6 Å². The molecular formula is C24H27LiN2O4S2. The molecule has 0 fully saturated rings. The number of methoxy groups -OCH3 is 1. The third-order valence-corrected chi connectivity index (χ3v) is 6.65. The fourth-order valence-electron chi connectivity index (χ4n) is 3.52. The van der Waals surface area contributed by atoms with Crippen LogP contribution in [0.25, 0.3) is 11.1 Å². The van der Waals surface area contributed by atoms with Crippen LogP contribution in [0.4, 0.5) is 0 Å². The van der Waals surface area contributed by atoms with E-state index in [0.717, 1.165) is 27.1 Å². The number of amides is 1. The molecule has 0 spiro atoms. The van der Waals surface area contributed by atoms with Crippen LogP contribution in [0.5, 0.6) is 0 Å². The van der Waals surface area contributed by atoms with E-state index >= 15 is 0 Å². The van der Waals surface area contributed by atoms with Gasteiger partial charge in [-0.15, -0.1) is 11.3 Å². The van der Waals surface area contributed by atoms with Crippen molar-refractivity contribution in [2.75, 3.05) is 19.1 Å². The Bertz CT molecular complexity index is 1080. The minimum atomic E-state index is -1.04. The third-order valence-electron chi connectivity index (χ3n) is 5.19. The number of aliphatic carboxylic acids is 1. The molecule has 1 amide bonds. The minimum Gasteiger partial charge on any atom is -1.00 e. The molecule has 0 aliphatic heterocycles. The van der Waals surface area contributed by atoms with Crippen LogP contribution in [0.2, 0.25) is 0 Å². The molecule has 0 saturated carbocycles. The quantitative estimate of drug-likeness (QED) is 0.433. The van der Waals surface area contributed by atoms with Crippen LogP contribution in [0, 0.1) is 6.92 Å². The number of ether oxygens (including phenoxy) is 1. The van der Waals surface area contributed by atoms with Crippen LogP contribution in [0.1, 0.15) is 40.3 Å². The average Bonchev–Trinajstić information content (AvgIpc) is 3.31. The number of hydrogen-bond acceptors (Lipinski definition) is 6. The zero-order chi connectivity index (χ0) is 23.1. The number of thioether (sulfide) groups is 1. The number of benzene rings is 2. The second-order valence-corrected chi connectivity index (χ2v) is 9.19. The van der Waals surface area contributed by atoms with Crippen LogP contribution in [-0.4, -0.2) is 47.1 Å². The SMILES string of the molecule is COC(c1ccc(C(=O)NC(CCSC)C(=O)O)c(-c2ccccc2C)c1)c1cncs1.[H-].[Li+]. The second kappa shape index (κ2) is 13.0. The number of carboxylic acid groups (broad SMARTS) is 1. The van der Waals surface area contributed by atoms with Gasteiger partial charge in [0.1, 0.15) is 12.1 Å². The summed E-state index contributed by atoms with van der Waals surface area (Å²) in [4.78, 5) is 29.9. The van der Waals surface area contributed by atoms with Gasteiger partial charge in [0.05, 0.1) is 10.4 Å². The summed E-state index contributed by atoms with van der Waals surface area (Å²) < 4.78 is 5.73. The number of aryl methyl sites for hydroxylation is 1. The van der Waals surface area contributed by atoms with Gasteiger partial charge < -0.3 is 16.6 Å². The van der Waals surface area contributed by atoms with E-state index in [-0.39, 0.29) is 26.4 Å². The van der Waals surface area contributed by atoms with E-state index in [4.69, 9.17) is 4.74 Å². The van der Waals surface area contributed by atoms with Gasteiger partial charge in [-0.3, -0.25) is 9.78 Å². The van der Waals surface area contributed by atoms with Crippen molar-refractivity contribution in [3.8, 4) is 11.1 Å². The Morgan fingerprint density at radius 3 is 2.61 bits per heavy atom. The fraction of sp³-hybridized carbons (Fsp3) is 0.292. The number of hydrogen-bond donors (Lipinski definition) is 2. The molecule has 0 radical (unpaired) electrons. The minimum absolute atomic E-state index is 0. The van der Waals surface area contributed by atoms with Crippen molar-refractivity contribution in [3.05, 3.63) is 75.7 Å². The Hall–Kier alpha value is -2.08. The summed E-state index contributed by atoms with van der Waals surface area (Å²) in [6.07, 6.45) is 3.73. The Balaban J connectivity index is 0.00000289. The molecular weight excluding hydrogens is 451 g/mol. The molecule has 170 valence electrons. The van der Waals surface area contributed by atoms with Crippen molar-refractivity contribution in [2.24, 2.45) is 0 Å². The molecule has 2 N–H and O–H groups in total. The first-order chi connectivity index (χ1) is 15.5. The normalized spacial score (nSPS) is 12.5. The number of carboxylic acids is 1. The summed E-state index contributed by atoms with van der Waals surface area (Å²) in [7, 11) is 1.64. The van der Waals surface area contributed by atoms with E-state index in [0.29, 0.717) is 17.7 Å². The molecule has 2 aromatic carbocycles. The third kappa shape index (κ3) is 6.72. The molecule has 9 heteroatoms. The predicted octanol–water partition coefficient (Wildman–Crippen LogP) is 1.91. The molecule has 2 atom stereocenters. The summed E-state index contributed by atoms with van der Waals surface area (Å²) in [6.45, 7) is 1.99. The van der Waals surface area contributed by atoms with Gasteiger partial charge in [-0.2, -0.15) is 11.8 Å². The van der Waals surface area contributed by atoms with Gasteiger partial charge in [-0.05, 0) is 59.7 Å². The molecule has 0 aliphatic rings. The number of carbonyl (C=O) groups is 2. The Kier molecular flexibility index (Phi) is 10.7. The van der Waals surface area contributed by atoms with E-state index < -0.39 is 17.9 Å². The molecule has 3 rings (SSSR count). The van der Waals surface area contributed by atoms with Gasteiger partial charge in [0.2, 0.25) is 0 Å². The smallest absolute Gasteiger partial charge is 1.00 e. The molecule has 0 saturated heterocycles. The standard InChI is InChI=1S/C24H26N2O4S2.Li.H/c1-15-6-4-5-7-17(15)19-12-16(22(30-2)21-13-25-14-32-21)8-9-18(19)23(27)26-20(24(28)29)10-11-31-3;;/h4-9,12-14,20,22H,10-11H2,1-3H3,(H,26,27)(H,28,29);;/q;+1;-1. The summed E-state index contributed by atoms with van der Waals surface area (Å²) in [5.41, 5.74) is 5.74. The van der Waals surface area contributed by atoms with Crippen molar-refractivity contribution in [3.63, 3.8) is 0 Å². The molecule has 1 heterocycles. The number of carbonyl (C=O) groups excluding carboxylic acids is 1. The first-order valence-corrected chi connectivity index (χ1v) is 12.4. The Morgan fingerprint density at radius 2 is 2.00 bits per heavy atom. The summed E-state index contributed by atoms with van der Waals surface area (Å²) in [5.74, 6) is -0.799. The number of nitrogens with zero attached hydrogens (tertiary/aromatic N) is 1. The fourth-order valence-corrected chi connectivity index (χ4v) is 4.71. The van der Waals surface area contributed by atoms with Crippen LogP contribution < -0.4 is 24.2 Å². The Morgan fingerprint density at radius 1 is 1.24 bits per heavy atom. The molecule has 1 aromatic heterocycles. The van der Waals surface area contributed by atoms with Crippen molar-refractivity contribution < 1.29 is 39.7 Å². The van der Waals surface area contributed by atoms with Crippen molar-refractivity contribution >= 4 is 35.0 Å². The molecule has 33 heavy (non-hydrogen) atoms. The first-order valence-electron chi connectivity index (χ1n) is 10.1. The van der Waals surface area contributed by atoms with Crippen molar-refractivity contribution in [1.82, 2.24) is 10.3 Å². The number of aromatic nitrogens is 1. The molecule has 0 bridgehead atoms. The van der Waals surface area contributed by atoms with Gasteiger partial charge in [-0.1, -0.05) is 30.3 Å². The maximum Gasteiger partial charge on any atom is 1.00 e. The topological polar surface area (TPSA) is 88.5 Å². The van der Waals surface area contributed by atoms with Gasteiger partial charge in [0, 0.05) is 18.9 Å². The van der Waals surface area contributed by atoms with Crippen LogP contribution >= 0.6 is 23.1 Å². The summed E-state index contributed by atoms with van der Waals surface area (Å²) in [5, 5.41) is 12.2. The maximum atomic E-state index is 13.2. The molecule has 2 unspecified atom stereocenters. The van der Waals surface area contributed by atoms with Gasteiger partial charge >= 0.3 is 24.8 Å². The number of rotatable bonds is 10. The van der Waals surface area contributed by atoms with Crippen LogP contribution in [-0.2, 0) is 9.53 Å². The summed E-state index contributed by atoms with van der Waals surface area (Å²) in [6, 6.07) is 12.4. The number of nitrogens with one attached hydrogen (secondary N) is 1. The van der Waals surface area contributed by atoms with E-state index in [1.165, 1.54) is 11.3 Å². The molecule has 3 aromatic rings. The van der Waals surface area contributed by atoms with Crippen LogP contribution in [0.15, 0.2) is 54.2 Å². The second-order valence-electron chi connectivity index (χ2n) is 7.29. The van der Waals surface area contributed by atoms with Gasteiger partial charge in [-0.25, -0.2) is 4.79 Å².